The largest absolute Gasteiger partial charge is 0.466 e. The Morgan fingerprint density at radius 1 is 1.36 bits per heavy atom. The first-order chi connectivity index (χ1) is 12.0. The molecule has 2 rings (SSSR count). The normalized spacial score (nSPS) is 26.0. The number of carbonyl (C=O) groups is 1. The second kappa shape index (κ2) is 9.19. The summed E-state index contributed by atoms with van der Waals surface area (Å²) >= 11 is 1.56. The van der Waals surface area contributed by atoms with Gasteiger partial charge in [-0.15, -0.1) is 11.8 Å². The van der Waals surface area contributed by atoms with Crippen molar-refractivity contribution >= 4 is 28.5 Å². The molecule has 0 spiro atoms. The van der Waals surface area contributed by atoms with E-state index in [2.05, 4.69) is 0 Å². The standard InChI is InChI=1S/C19H28O4S2/c1-3-19(24-13-8-14-25(19)22)18(21,15-17(20)23-4-2)12-11-16-9-6-5-7-10-16/h5-7,9-10,21H,3-4,8,11-15H2,1-2H3/t18-,19-,25+/m1/s1. The predicted molar refractivity (Wildman–Crippen MR) is 104 cm³/mol. The highest BCUT2D eigenvalue weighted by Gasteiger charge is 2.55. The highest BCUT2D eigenvalue weighted by Crippen LogP contribution is 2.49. The predicted octanol–water partition coefficient (Wildman–Crippen LogP) is 3.30. The quantitative estimate of drug-likeness (QED) is 0.697. The van der Waals surface area contributed by atoms with E-state index < -0.39 is 26.4 Å². The highest BCUT2D eigenvalue weighted by molar-refractivity contribution is 8.13. The number of aliphatic hydroxyl groups is 1. The van der Waals surface area contributed by atoms with E-state index in [9.17, 15) is 14.1 Å². The zero-order valence-electron chi connectivity index (χ0n) is 15.0. The summed E-state index contributed by atoms with van der Waals surface area (Å²) in [6.07, 6.45) is 2.36. The van der Waals surface area contributed by atoms with Gasteiger partial charge in [0.2, 0.25) is 0 Å². The summed E-state index contributed by atoms with van der Waals surface area (Å²) in [7, 11) is -1.18. The number of carbonyl (C=O) groups excluding carboxylic acids is 1. The molecule has 1 heterocycles. The van der Waals surface area contributed by atoms with Crippen molar-refractivity contribution in [1.82, 2.24) is 0 Å². The molecule has 3 atom stereocenters. The lowest BCUT2D eigenvalue weighted by Gasteiger charge is -2.47. The van der Waals surface area contributed by atoms with Gasteiger partial charge in [-0.3, -0.25) is 9.00 Å². The van der Waals surface area contributed by atoms with Crippen LogP contribution in [0, 0.1) is 0 Å². The molecule has 0 amide bonds. The van der Waals surface area contributed by atoms with Crippen molar-refractivity contribution in [2.45, 2.75) is 55.6 Å². The molecular formula is C19H28O4S2. The molecule has 25 heavy (non-hydrogen) atoms. The molecule has 1 aliphatic rings. The van der Waals surface area contributed by atoms with E-state index in [1.54, 1.807) is 18.7 Å². The molecular weight excluding hydrogens is 356 g/mol. The molecule has 0 aromatic heterocycles. The number of hydrogen-bond acceptors (Lipinski definition) is 5. The minimum Gasteiger partial charge on any atom is -0.466 e. The molecule has 1 fully saturated rings. The molecule has 1 aromatic carbocycles. The maximum absolute atomic E-state index is 12.9. The van der Waals surface area contributed by atoms with Crippen molar-refractivity contribution in [3.8, 4) is 0 Å². The molecule has 4 nitrogen and oxygen atoms in total. The van der Waals surface area contributed by atoms with Gasteiger partial charge in [-0.1, -0.05) is 37.3 Å². The number of aryl methyl sites for hydroxylation is 1. The summed E-state index contributed by atoms with van der Waals surface area (Å²) < 4.78 is 17.2. The van der Waals surface area contributed by atoms with Crippen molar-refractivity contribution < 1.29 is 18.8 Å². The molecule has 0 aliphatic carbocycles. The summed E-state index contributed by atoms with van der Waals surface area (Å²) in [6.45, 7) is 3.99. The van der Waals surface area contributed by atoms with Crippen molar-refractivity contribution in [2.75, 3.05) is 18.1 Å². The average Bonchev–Trinajstić information content (AvgIpc) is 2.61. The summed E-state index contributed by atoms with van der Waals surface area (Å²) in [5, 5.41) is 11.6. The van der Waals surface area contributed by atoms with Crippen LogP contribution in [0.1, 0.15) is 45.1 Å². The lowest BCUT2D eigenvalue weighted by atomic mass is 9.86. The van der Waals surface area contributed by atoms with Gasteiger partial charge in [0.15, 0.2) is 0 Å². The highest BCUT2D eigenvalue weighted by atomic mass is 32.2. The zero-order chi connectivity index (χ0) is 18.3. The maximum Gasteiger partial charge on any atom is 0.308 e. The number of ether oxygens (including phenoxy) is 1. The lowest BCUT2D eigenvalue weighted by Crippen LogP contribution is -2.57. The first-order valence-corrected chi connectivity index (χ1v) is 11.2. The van der Waals surface area contributed by atoms with Gasteiger partial charge in [0.1, 0.15) is 9.68 Å². The van der Waals surface area contributed by atoms with Gasteiger partial charge in [-0.2, -0.15) is 0 Å². The van der Waals surface area contributed by atoms with Crippen LogP contribution in [0.4, 0.5) is 0 Å². The van der Waals surface area contributed by atoms with Gasteiger partial charge in [-0.25, -0.2) is 0 Å². The average molecular weight is 385 g/mol. The third-order valence-corrected chi connectivity index (χ3v) is 9.37. The molecule has 0 bridgehead atoms. The van der Waals surface area contributed by atoms with Gasteiger partial charge >= 0.3 is 5.97 Å². The second-order valence-corrected chi connectivity index (χ2v) is 9.81. The van der Waals surface area contributed by atoms with E-state index in [1.165, 1.54) is 0 Å². The Labute approximate surface area is 157 Å². The summed E-state index contributed by atoms with van der Waals surface area (Å²) in [4.78, 5) is 12.2. The van der Waals surface area contributed by atoms with Crippen LogP contribution in [-0.4, -0.2) is 43.1 Å². The fraction of sp³-hybridized carbons (Fsp3) is 0.632. The van der Waals surface area contributed by atoms with Gasteiger partial charge < -0.3 is 9.84 Å². The minimum atomic E-state index is -1.35. The Kier molecular flexibility index (Phi) is 7.52. The van der Waals surface area contributed by atoms with Crippen LogP contribution in [0.3, 0.4) is 0 Å². The van der Waals surface area contributed by atoms with Gasteiger partial charge in [-0.05, 0) is 43.9 Å². The molecule has 0 unspecified atom stereocenters. The van der Waals surface area contributed by atoms with Crippen LogP contribution in [-0.2, 0) is 26.8 Å². The van der Waals surface area contributed by atoms with E-state index >= 15 is 0 Å². The van der Waals surface area contributed by atoms with E-state index in [4.69, 9.17) is 4.74 Å². The Hall–Kier alpha value is -0.850. The molecule has 1 aromatic rings. The van der Waals surface area contributed by atoms with Gasteiger partial charge in [0.05, 0.1) is 13.0 Å². The van der Waals surface area contributed by atoms with Gasteiger partial charge in [0.25, 0.3) is 0 Å². The van der Waals surface area contributed by atoms with Crippen LogP contribution in [0.2, 0.25) is 0 Å². The topological polar surface area (TPSA) is 63.6 Å². The fourth-order valence-corrected chi connectivity index (χ4v) is 7.59. The van der Waals surface area contributed by atoms with Crippen LogP contribution >= 0.6 is 11.8 Å². The zero-order valence-corrected chi connectivity index (χ0v) is 16.7. The molecule has 0 radical (unpaired) electrons. The SMILES string of the molecule is CCOC(=O)C[C@](O)(CCc1ccccc1)[C@]1(CC)SCCC[S@@]1=O. The number of thioether (sulfide) groups is 1. The smallest absolute Gasteiger partial charge is 0.308 e. The van der Waals surface area contributed by atoms with Crippen molar-refractivity contribution in [3.05, 3.63) is 35.9 Å². The minimum absolute atomic E-state index is 0.111. The Bertz CT molecular complexity index is 592. The summed E-state index contributed by atoms with van der Waals surface area (Å²) in [5.74, 6) is 1.02. The van der Waals surface area contributed by atoms with Crippen LogP contribution in [0.15, 0.2) is 30.3 Å². The number of hydrogen-bond donors (Lipinski definition) is 1. The van der Waals surface area contributed by atoms with E-state index in [1.807, 2.05) is 37.3 Å². The van der Waals surface area contributed by atoms with Crippen molar-refractivity contribution in [1.29, 1.82) is 0 Å². The Morgan fingerprint density at radius 2 is 2.08 bits per heavy atom. The molecule has 1 saturated heterocycles. The third-order valence-electron chi connectivity index (χ3n) is 4.76. The lowest BCUT2D eigenvalue weighted by molar-refractivity contribution is -0.149. The molecule has 1 N–H and O–H groups in total. The monoisotopic (exact) mass is 384 g/mol. The van der Waals surface area contributed by atoms with E-state index in [0.29, 0.717) is 25.0 Å². The molecule has 0 saturated carbocycles. The number of rotatable bonds is 8. The van der Waals surface area contributed by atoms with E-state index in [0.717, 1.165) is 17.7 Å². The Balaban J connectivity index is 2.29. The fourth-order valence-electron chi connectivity index (χ4n) is 3.46. The van der Waals surface area contributed by atoms with Gasteiger partial charge in [0, 0.05) is 16.6 Å². The van der Waals surface area contributed by atoms with Crippen LogP contribution < -0.4 is 0 Å². The molecule has 6 heteroatoms. The summed E-state index contributed by atoms with van der Waals surface area (Å²) in [5.41, 5.74) is -0.248. The number of benzene rings is 1. The molecule has 1 aliphatic heterocycles. The maximum atomic E-state index is 12.9. The van der Waals surface area contributed by atoms with Crippen molar-refractivity contribution in [2.24, 2.45) is 0 Å². The van der Waals surface area contributed by atoms with Crippen molar-refractivity contribution in [3.63, 3.8) is 0 Å². The summed E-state index contributed by atoms with van der Waals surface area (Å²) in [6, 6.07) is 9.89. The second-order valence-electron chi connectivity index (χ2n) is 6.36. The van der Waals surface area contributed by atoms with E-state index in [-0.39, 0.29) is 13.0 Å². The Morgan fingerprint density at radius 3 is 2.68 bits per heavy atom. The number of esters is 1. The van der Waals surface area contributed by atoms with Crippen LogP contribution in [0.5, 0.6) is 0 Å². The first-order valence-electron chi connectivity index (χ1n) is 8.92. The van der Waals surface area contributed by atoms with Crippen LogP contribution in [0.25, 0.3) is 0 Å². The molecule has 140 valence electrons. The third kappa shape index (κ3) is 4.66. The first kappa shape index (κ1) is 20.5.